The highest BCUT2D eigenvalue weighted by Gasteiger charge is 2.72. The van der Waals surface area contributed by atoms with Gasteiger partial charge in [-0.05, 0) is 18.3 Å². The van der Waals surface area contributed by atoms with Gasteiger partial charge in [0.05, 0.1) is 13.2 Å². The number of ether oxygens (including phenoxy) is 1. The molecular formula is C11H20O2. The Hall–Kier alpha value is -0.0800. The molecule has 2 aliphatic rings. The molecule has 1 N–H and O–H groups in total. The topological polar surface area (TPSA) is 29.5 Å². The van der Waals surface area contributed by atoms with Crippen LogP contribution >= 0.6 is 0 Å². The van der Waals surface area contributed by atoms with Gasteiger partial charge in [-0.1, -0.05) is 20.8 Å². The van der Waals surface area contributed by atoms with Crippen molar-refractivity contribution in [2.75, 3.05) is 19.8 Å². The lowest BCUT2D eigenvalue weighted by Gasteiger charge is -2.48. The van der Waals surface area contributed by atoms with Crippen LogP contribution in [-0.2, 0) is 4.74 Å². The first-order valence-electron chi connectivity index (χ1n) is 5.22. The summed E-state index contributed by atoms with van der Waals surface area (Å²) in [6.07, 6.45) is 2.30. The fourth-order valence-electron chi connectivity index (χ4n) is 3.22. The SMILES string of the molecule is CCC1(C2(CO)CC2(C)C)COC1. The summed E-state index contributed by atoms with van der Waals surface area (Å²) in [5.41, 5.74) is 0.764. The summed E-state index contributed by atoms with van der Waals surface area (Å²) >= 11 is 0. The monoisotopic (exact) mass is 184 g/mol. The summed E-state index contributed by atoms with van der Waals surface area (Å²) < 4.78 is 5.34. The van der Waals surface area contributed by atoms with E-state index in [-0.39, 0.29) is 10.8 Å². The zero-order valence-electron chi connectivity index (χ0n) is 8.89. The fourth-order valence-corrected chi connectivity index (χ4v) is 3.22. The summed E-state index contributed by atoms with van der Waals surface area (Å²) in [5.74, 6) is 0. The van der Waals surface area contributed by atoms with E-state index in [0.717, 1.165) is 26.1 Å². The highest BCUT2D eigenvalue weighted by Crippen LogP contribution is 2.73. The van der Waals surface area contributed by atoms with Crippen LogP contribution in [0.5, 0.6) is 0 Å². The van der Waals surface area contributed by atoms with E-state index in [4.69, 9.17) is 4.74 Å². The highest BCUT2D eigenvalue weighted by molar-refractivity contribution is 5.19. The lowest BCUT2D eigenvalue weighted by Crippen LogP contribution is -2.52. The van der Waals surface area contributed by atoms with E-state index in [1.807, 2.05) is 0 Å². The molecule has 0 bridgehead atoms. The second-order valence-electron chi connectivity index (χ2n) is 5.43. The molecule has 1 unspecified atom stereocenters. The van der Waals surface area contributed by atoms with Crippen LogP contribution in [0.2, 0.25) is 0 Å². The molecule has 2 nitrogen and oxygen atoms in total. The number of hydrogen-bond donors (Lipinski definition) is 1. The van der Waals surface area contributed by atoms with Gasteiger partial charge in [0.25, 0.3) is 0 Å². The summed E-state index contributed by atoms with van der Waals surface area (Å²) in [4.78, 5) is 0. The maximum atomic E-state index is 9.57. The quantitative estimate of drug-likeness (QED) is 0.725. The van der Waals surface area contributed by atoms with Gasteiger partial charge in [-0.15, -0.1) is 0 Å². The van der Waals surface area contributed by atoms with E-state index in [1.165, 1.54) is 0 Å². The zero-order chi connectivity index (χ0) is 9.74. The molecule has 0 aromatic carbocycles. The van der Waals surface area contributed by atoms with E-state index < -0.39 is 0 Å². The molecule has 2 rings (SSSR count). The van der Waals surface area contributed by atoms with Crippen LogP contribution in [-0.4, -0.2) is 24.9 Å². The summed E-state index contributed by atoms with van der Waals surface area (Å²) in [6.45, 7) is 8.78. The van der Waals surface area contributed by atoms with Crippen LogP contribution in [0, 0.1) is 16.2 Å². The first-order chi connectivity index (χ1) is 6.04. The van der Waals surface area contributed by atoms with Crippen LogP contribution in [0.1, 0.15) is 33.6 Å². The molecule has 1 atom stereocenters. The molecule has 0 aromatic rings. The first kappa shape index (κ1) is 9.47. The molecule has 76 valence electrons. The second-order valence-corrected chi connectivity index (χ2v) is 5.43. The smallest absolute Gasteiger partial charge is 0.0551 e. The molecule has 0 radical (unpaired) electrons. The van der Waals surface area contributed by atoms with Gasteiger partial charge in [-0.2, -0.15) is 0 Å². The molecule has 1 saturated carbocycles. The van der Waals surface area contributed by atoms with E-state index >= 15 is 0 Å². The van der Waals surface area contributed by atoms with Gasteiger partial charge in [0.15, 0.2) is 0 Å². The van der Waals surface area contributed by atoms with Crippen molar-refractivity contribution < 1.29 is 9.84 Å². The third-order valence-corrected chi connectivity index (χ3v) is 4.63. The molecule has 1 saturated heterocycles. The minimum atomic E-state index is 0.160. The minimum Gasteiger partial charge on any atom is -0.396 e. The standard InChI is InChI=1S/C11H20O2/c1-4-10(7-13-8-10)11(6-12)5-9(11,2)3/h12H,4-8H2,1-3H3. The third-order valence-electron chi connectivity index (χ3n) is 4.63. The van der Waals surface area contributed by atoms with Gasteiger partial charge in [0, 0.05) is 17.4 Å². The number of aliphatic hydroxyl groups is 1. The lowest BCUT2D eigenvalue weighted by molar-refractivity contribution is -0.175. The van der Waals surface area contributed by atoms with Crippen LogP contribution in [0.25, 0.3) is 0 Å². The molecule has 0 spiro atoms. The van der Waals surface area contributed by atoms with Gasteiger partial charge < -0.3 is 9.84 Å². The molecule has 2 fully saturated rings. The van der Waals surface area contributed by atoms with Gasteiger partial charge in [0.1, 0.15) is 0 Å². The molecule has 0 aromatic heterocycles. The van der Waals surface area contributed by atoms with E-state index in [2.05, 4.69) is 20.8 Å². The van der Waals surface area contributed by atoms with Crippen LogP contribution in [0.15, 0.2) is 0 Å². The fraction of sp³-hybridized carbons (Fsp3) is 1.00. The van der Waals surface area contributed by atoms with Gasteiger partial charge in [-0.3, -0.25) is 0 Å². The van der Waals surface area contributed by atoms with E-state index in [1.54, 1.807) is 0 Å². The largest absolute Gasteiger partial charge is 0.396 e. The Kier molecular flexibility index (Phi) is 1.81. The highest BCUT2D eigenvalue weighted by atomic mass is 16.5. The molecule has 1 aliphatic heterocycles. The molecule has 1 heterocycles. The molecular weight excluding hydrogens is 164 g/mol. The normalized spacial score (nSPS) is 39.7. The molecule has 1 aliphatic carbocycles. The van der Waals surface area contributed by atoms with Crippen molar-refractivity contribution >= 4 is 0 Å². The van der Waals surface area contributed by atoms with Gasteiger partial charge in [0.2, 0.25) is 0 Å². The van der Waals surface area contributed by atoms with Crippen LogP contribution in [0.4, 0.5) is 0 Å². The summed E-state index contributed by atoms with van der Waals surface area (Å²) in [6, 6.07) is 0. The Morgan fingerprint density at radius 3 is 1.92 bits per heavy atom. The Bertz CT molecular complexity index is 213. The predicted octanol–water partition coefficient (Wildman–Crippen LogP) is 1.82. The summed E-state index contributed by atoms with van der Waals surface area (Å²) in [7, 11) is 0. The Labute approximate surface area is 80.3 Å². The van der Waals surface area contributed by atoms with Crippen LogP contribution < -0.4 is 0 Å². The second kappa shape index (κ2) is 2.48. The Morgan fingerprint density at radius 1 is 1.31 bits per heavy atom. The van der Waals surface area contributed by atoms with Gasteiger partial charge >= 0.3 is 0 Å². The number of aliphatic hydroxyl groups excluding tert-OH is 1. The first-order valence-corrected chi connectivity index (χ1v) is 5.22. The predicted molar refractivity (Wildman–Crippen MR) is 51.5 cm³/mol. The van der Waals surface area contributed by atoms with E-state index in [0.29, 0.717) is 12.0 Å². The van der Waals surface area contributed by atoms with Crippen molar-refractivity contribution in [1.82, 2.24) is 0 Å². The van der Waals surface area contributed by atoms with Crippen molar-refractivity contribution in [2.45, 2.75) is 33.6 Å². The van der Waals surface area contributed by atoms with E-state index in [9.17, 15) is 5.11 Å². The minimum absolute atomic E-state index is 0.160. The lowest BCUT2D eigenvalue weighted by atomic mass is 9.66. The van der Waals surface area contributed by atoms with Crippen molar-refractivity contribution in [1.29, 1.82) is 0 Å². The van der Waals surface area contributed by atoms with Gasteiger partial charge in [-0.25, -0.2) is 0 Å². The van der Waals surface area contributed by atoms with Crippen molar-refractivity contribution in [3.8, 4) is 0 Å². The maximum Gasteiger partial charge on any atom is 0.0551 e. The van der Waals surface area contributed by atoms with Crippen molar-refractivity contribution in [3.63, 3.8) is 0 Å². The maximum absolute atomic E-state index is 9.57. The molecule has 13 heavy (non-hydrogen) atoms. The number of hydrogen-bond acceptors (Lipinski definition) is 2. The zero-order valence-corrected chi connectivity index (χ0v) is 8.89. The summed E-state index contributed by atoms with van der Waals surface area (Å²) in [5, 5.41) is 9.57. The average molecular weight is 184 g/mol. The number of rotatable bonds is 3. The third kappa shape index (κ3) is 0.909. The average Bonchev–Trinajstić information content (AvgIpc) is 2.54. The molecule has 2 heteroatoms. The molecule has 0 amide bonds. The Morgan fingerprint density at radius 2 is 1.85 bits per heavy atom. The van der Waals surface area contributed by atoms with Crippen molar-refractivity contribution in [3.05, 3.63) is 0 Å². The van der Waals surface area contributed by atoms with Crippen LogP contribution in [0.3, 0.4) is 0 Å². The Balaban J connectivity index is 2.23. The van der Waals surface area contributed by atoms with Crippen molar-refractivity contribution in [2.24, 2.45) is 16.2 Å².